The number of rotatable bonds is 3. The van der Waals surface area contributed by atoms with Crippen molar-refractivity contribution < 1.29 is 9.13 Å². The Morgan fingerprint density at radius 1 is 1.56 bits per heavy atom. The predicted octanol–water partition coefficient (Wildman–Crippen LogP) is 1.88. The van der Waals surface area contributed by atoms with Crippen LogP contribution in [0.15, 0.2) is 18.2 Å². The van der Waals surface area contributed by atoms with Crippen LogP contribution in [0.4, 0.5) is 10.1 Å². The number of nitrogen functional groups attached to an aromatic ring is 1. The number of likely N-dealkylation sites (N-methyl/N-ethyl adjacent to an activating group) is 1. The van der Waals surface area contributed by atoms with E-state index in [4.69, 9.17) is 10.5 Å². The molecule has 0 radical (unpaired) electrons. The quantitative estimate of drug-likeness (QED) is 0.797. The van der Waals surface area contributed by atoms with E-state index in [1.165, 1.54) is 24.6 Å². The SMILES string of the molecule is CN1CCC[C@@H]1COc1cc(N)ccc1F. The molecule has 1 heterocycles. The number of likely N-dealkylation sites (tertiary alicyclic amines) is 1. The van der Waals surface area contributed by atoms with Crippen LogP contribution in [0.25, 0.3) is 0 Å². The second kappa shape index (κ2) is 4.70. The molecule has 0 unspecified atom stereocenters. The Labute approximate surface area is 95.0 Å². The Kier molecular flexibility index (Phi) is 3.29. The van der Waals surface area contributed by atoms with Crippen LogP contribution in [-0.4, -0.2) is 31.1 Å². The summed E-state index contributed by atoms with van der Waals surface area (Å²) >= 11 is 0. The third-order valence-electron chi connectivity index (χ3n) is 3.06. The van der Waals surface area contributed by atoms with E-state index in [1.807, 2.05) is 0 Å². The highest BCUT2D eigenvalue weighted by molar-refractivity contribution is 5.44. The molecular weight excluding hydrogens is 207 g/mol. The third-order valence-corrected chi connectivity index (χ3v) is 3.06. The molecule has 16 heavy (non-hydrogen) atoms. The molecular formula is C12H17FN2O. The van der Waals surface area contributed by atoms with Crippen LogP contribution in [0.2, 0.25) is 0 Å². The number of nitrogens with two attached hydrogens (primary N) is 1. The van der Waals surface area contributed by atoms with E-state index >= 15 is 0 Å². The van der Waals surface area contributed by atoms with Gasteiger partial charge in [-0.25, -0.2) is 4.39 Å². The Morgan fingerprint density at radius 3 is 3.06 bits per heavy atom. The van der Waals surface area contributed by atoms with E-state index in [2.05, 4.69) is 11.9 Å². The van der Waals surface area contributed by atoms with Gasteiger partial charge in [-0.15, -0.1) is 0 Å². The van der Waals surface area contributed by atoms with Gasteiger partial charge in [0.2, 0.25) is 0 Å². The number of nitrogens with zero attached hydrogens (tertiary/aromatic N) is 1. The Morgan fingerprint density at radius 2 is 2.38 bits per heavy atom. The highest BCUT2D eigenvalue weighted by Gasteiger charge is 2.21. The molecule has 1 atom stereocenters. The van der Waals surface area contributed by atoms with Crippen molar-refractivity contribution in [3.63, 3.8) is 0 Å². The summed E-state index contributed by atoms with van der Waals surface area (Å²) in [6, 6.07) is 4.79. The van der Waals surface area contributed by atoms with Crippen molar-refractivity contribution in [3.05, 3.63) is 24.0 Å². The maximum atomic E-state index is 13.3. The van der Waals surface area contributed by atoms with Crippen LogP contribution < -0.4 is 10.5 Å². The van der Waals surface area contributed by atoms with Gasteiger partial charge in [0.1, 0.15) is 6.61 Å². The van der Waals surface area contributed by atoms with Gasteiger partial charge in [-0.05, 0) is 38.6 Å². The monoisotopic (exact) mass is 224 g/mol. The molecule has 1 fully saturated rings. The highest BCUT2D eigenvalue weighted by Crippen LogP contribution is 2.22. The molecule has 1 saturated heterocycles. The first kappa shape index (κ1) is 11.2. The molecule has 1 aromatic carbocycles. The summed E-state index contributed by atoms with van der Waals surface area (Å²) in [6.45, 7) is 1.62. The zero-order valence-electron chi connectivity index (χ0n) is 9.45. The predicted molar refractivity (Wildman–Crippen MR) is 62.0 cm³/mol. The summed E-state index contributed by atoms with van der Waals surface area (Å²) in [4.78, 5) is 2.24. The van der Waals surface area contributed by atoms with Crippen LogP contribution in [0.1, 0.15) is 12.8 Å². The first-order valence-corrected chi connectivity index (χ1v) is 5.55. The molecule has 0 bridgehead atoms. The van der Waals surface area contributed by atoms with Gasteiger partial charge in [0, 0.05) is 17.8 Å². The molecule has 0 amide bonds. The fourth-order valence-electron chi connectivity index (χ4n) is 2.01. The number of hydrogen-bond donors (Lipinski definition) is 1. The molecule has 1 aromatic rings. The maximum absolute atomic E-state index is 13.3. The van der Waals surface area contributed by atoms with Gasteiger partial charge < -0.3 is 15.4 Å². The van der Waals surface area contributed by atoms with Gasteiger partial charge >= 0.3 is 0 Å². The number of halogens is 1. The summed E-state index contributed by atoms with van der Waals surface area (Å²) in [5, 5.41) is 0. The lowest BCUT2D eigenvalue weighted by atomic mass is 10.2. The van der Waals surface area contributed by atoms with Crippen molar-refractivity contribution in [2.45, 2.75) is 18.9 Å². The first-order valence-electron chi connectivity index (χ1n) is 5.55. The van der Waals surface area contributed by atoms with Crippen molar-refractivity contribution in [2.75, 3.05) is 25.9 Å². The molecule has 2 N–H and O–H groups in total. The number of anilines is 1. The van der Waals surface area contributed by atoms with Gasteiger partial charge in [0.25, 0.3) is 0 Å². The van der Waals surface area contributed by atoms with E-state index in [0.717, 1.165) is 13.0 Å². The molecule has 2 rings (SSSR count). The number of benzene rings is 1. The summed E-state index contributed by atoms with van der Waals surface area (Å²) in [5.74, 6) is -0.102. The lowest BCUT2D eigenvalue weighted by molar-refractivity contribution is 0.193. The molecule has 0 saturated carbocycles. The summed E-state index contributed by atoms with van der Waals surface area (Å²) in [7, 11) is 2.07. The van der Waals surface area contributed by atoms with Crippen LogP contribution in [-0.2, 0) is 0 Å². The van der Waals surface area contributed by atoms with Crippen molar-refractivity contribution >= 4 is 5.69 Å². The van der Waals surface area contributed by atoms with E-state index in [1.54, 1.807) is 0 Å². The molecule has 1 aliphatic rings. The molecule has 3 nitrogen and oxygen atoms in total. The third kappa shape index (κ3) is 2.44. The summed E-state index contributed by atoms with van der Waals surface area (Å²) in [6.07, 6.45) is 2.30. The Bertz CT molecular complexity index is 370. The second-order valence-electron chi connectivity index (χ2n) is 4.28. The van der Waals surface area contributed by atoms with E-state index < -0.39 is 0 Å². The van der Waals surface area contributed by atoms with Crippen molar-refractivity contribution in [1.29, 1.82) is 0 Å². The van der Waals surface area contributed by atoms with E-state index in [-0.39, 0.29) is 11.6 Å². The minimum atomic E-state index is -0.352. The standard InChI is InChI=1S/C12H17FN2O/c1-15-6-2-3-10(15)8-16-12-7-9(14)4-5-11(12)13/h4-5,7,10H,2-3,6,8,14H2,1H3/t10-/m1/s1. The molecule has 0 aliphatic carbocycles. The van der Waals surface area contributed by atoms with Crippen LogP contribution in [0.5, 0.6) is 5.75 Å². The Hall–Kier alpha value is -1.29. The average molecular weight is 224 g/mol. The average Bonchev–Trinajstić information content (AvgIpc) is 2.66. The lowest BCUT2D eigenvalue weighted by Gasteiger charge is -2.19. The van der Waals surface area contributed by atoms with Gasteiger partial charge in [0.05, 0.1) is 0 Å². The molecule has 88 valence electrons. The zero-order valence-corrected chi connectivity index (χ0v) is 9.45. The summed E-state index contributed by atoms with van der Waals surface area (Å²) in [5.41, 5.74) is 6.11. The van der Waals surface area contributed by atoms with Crippen molar-refractivity contribution in [3.8, 4) is 5.75 Å². The van der Waals surface area contributed by atoms with Crippen molar-refractivity contribution in [2.24, 2.45) is 0 Å². The molecule has 0 spiro atoms. The van der Waals surface area contributed by atoms with E-state index in [0.29, 0.717) is 18.3 Å². The van der Waals surface area contributed by atoms with Gasteiger partial charge in [-0.3, -0.25) is 0 Å². The molecule has 4 heteroatoms. The van der Waals surface area contributed by atoms with E-state index in [9.17, 15) is 4.39 Å². The zero-order chi connectivity index (χ0) is 11.5. The van der Waals surface area contributed by atoms with Crippen LogP contribution in [0.3, 0.4) is 0 Å². The van der Waals surface area contributed by atoms with Gasteiger partial charge in [-0.1, -0.05) is 0 Å². The largest absolute Gasteiger partial charge is 0.489 e. The number of ether oxygens (including phenoxy) is 1. The van der Waals surface area contributed by atoms with Gasteiger partial charge in [0.15, 0.2) is 11.6 Å². The first-order chi connectivity index (χ1) is 7.66. The molecule has 1 aliphatic heterocycles. The number of hydrogen-bond acceptors (Lipinski definition) is 3. The fourth-order valence-corrected chi connectivity index (χ4v) is 2.01. The maximum Gasteiger partial charge on any atom is 0.165 e. The van der Waals surface area contributed by atoms with Crippen LogP contribution in [0, 0.1) is 5.82 Å². The second-order valence-corrected chi connectivity index (χ2v) is 4.28. The minimum absolute atomic E-state index is 0.250. The normalized spacial score (nSPS) is 21.2. The lowest BCUT2D eigenvalue weighted by Crippen LogP contribution is -2.30. The fraction of sp³-hybridized carbons (Fsp3) is 0.500. The summed E-state index contributed by atoms with van der Waals surface area (Å²) < 4.78 is 18.8. The smallest absolute Gasteiger partial charge is 0.165 e. The highest BCUT2D eigenvalue weighted by atomic mass is 19.1. The minimum Gasteiger partial charge on any atom is -0.489 e. The Balaban J connectivity index is 1.96. The topological polar surface area (TPSA) is 38.5 Å². The van der Waals surface area contributed by atoms with Crippen LogP contribution >= 0.6 is 0 Å². The molecule has 0 aromatic heterocycles. The van der Waals surface area contributed by atoms with Gasteiger partial charge in [-0.2, -0.15) is 0 Å². The van der Waals surface area contributed by atoms with Crippen molar-refractivity contribution in [1.82, 2.24) is 4.90 Å².